The number of hydrogen-bond acceptors (Lipinski definition) is 6. The van der Waals surface area contributed by atoms with Crippen molar-refractivity contribution in [1.29, 1.82) is 0 Å². The third kappa shape index (κ3) is 8.51. The first-order valence-electron chi connectivity index (χ1n) is 9.27. The lowest BCUT2D eigenvalue weighted by molar-refractivity contribution is -0.128. The maximum atomic E-state index is 12.4. The van der Waals surface area contributed by atoms with E-state index in [1.54, 1.807) is 32.7 Å². The summed E-state index contributed by atoms with van der Waals surface area (Å²) in [6, 6.07) is 0. The lowest BCUT2D eigenvalue weighted by atomic mass is 10.3. The summed E-state index contributed by atoms with van der Waals surface area (Å²) in [5, 5.41) is 4.24. The van der Waals surface area contributed by atoms with E-state index in [0.717, 1.165) is 41.0 Å². The first-order chi connectivity index (χ1) is 12.8. The van der Waals surface area contributed by atoms with Gasteiger partial charge in [-0.15, -0.1) is 11.8 Å². The standard InChI is InChI=1S/C16H27N3O2S.C3H6O2/c1-6-8-10-13(22-11-9-7-2)17-14-12(3)18(4)16(21)19(5)15(14)20;1-2-5-3-4/h10,17H,6-9,11H2,1-5H3;3H,2H2,1H3/b13-10-;. The average molecular weight is 400 g/mol. The van der Waals surface area contributed by atoms with Crippen LogP contribution in [-0.4, -0.2) is 28.0 Å². The molecule has 1 N–H and O–H groups in total. The molecule has 0 aliphatic heterocycles. The number of hydrogen-bond donors (Lipinski definition) is 1. The van der Waals surface area contributed by atoms with E-state index in [0.29, 0.717) is 24.5 Å². The number of carbonyl (C=O) groups excluding carboxylic acids is 1. The van der Waals surface area contributed by atoms with Gasteiger partial charge in [-0.1, -0.05) is 32.8 Å². The van der Waals surface area contributed by atoms with Crippen LogP contribution in [0.1, 0.15) is 52.1 Å². The average Bonchev–Trinajstić information content (AvgIpc) is 2.67. The van der Waals surface area contributed by atoms with E-state index in [1.165, 1.54) is 11.6 Å². The van der Waals surface area contributed by atoms with Crippen molar-refractivity contribution in [2.75, 3.05) is 17.7 Å². The van der Waals surface area contributed by atoms with Gasteiger partial charge in [-0.3, -0.25) is 18.7 Å². The number of nitrogens with one attached hydrogen (secondary N) is 1. The Morgan fingerprint density at radius 2 is 1.81 bits per heavy atom. The second-order valence-corrected chi connectivity index (χ2v) is 7.04. The summed E-state index contributed by atoms with van der Waals surface area (Å²) in [5.41, 5.74) is 0.562. The summed E-state index contributed by atoms with van der Waals surface area (Å²) in [5.74, 6) is 1.02. The van der Waals surface area contributed by atoms with Gasteiger partial charge >= 0.3 is 5.69 Å². The lowest BCUT2D eigenvalue weighted by Gasteiger charge is -2.15. The minimum atomic E-state index is -0.300. The molecule has 1 heterocycles. The monoisotopic (exact) mass is 399 g/mol. The summed E-state index contributed by atoms with van der Waals surface area (Å²) in [6.07, 6.45) is 6.44. The van der Waals surface area contributed by atoms with Crippen LogP contribution < -0.4 is 16.6 Å². The lowest BCUT2D eigenvalue weighted by Crippen LogP contribution is -2.39. The van der Waals surface area contributed by atoms with Crippen molar-refractivity contribution in [2.24, 2.45) is 14.1 Å². The smallest absolute Gasteiger partial charge is 0.330 e. The van der Waals surface area contributed by atoms with E-state index in [2.05, 4.69) is 30.0 Å². The van der Waals surface area contributed by atoms with E-state index < -0.39 is 0 Å². The maximum Gasteiger partial charge on any atom is 0.330 e. The minimum absolute atomic E-state index is 0.279. The predicted molar refractivity (Wildman–Crippen MR) is 113 cm³/mol. The number of rotatable bonds is 10. The Kier molecular flexibility index (Phi) is 13.1. The van der Waals surface area contributed by atoms with Crippen molar-refractivity contribution < 1.29 is 9.53 Å². The molecule has 7 nitrogen and oxygen atoms in total. The van der Waals surface area contributed by atoms with Gasteiger partial charge < -0.3 is 10.1 Å². The molecule has 27 heavy (non-hydrogen) atoms. The van der Waals surface area contributed by atoms with Gasteiger partial charge in [0, 0.05) is 19.8 Å². The van der Waals surface area contributed by atoms with Crippen LogP contribution in [-0.2, 0) is 23.6 Å². The Morgan fingerprint density at radius 3 is 2.30 bits per heavy atom. The number of aromatic nitrogens is 2. The fraction of sp³-hybridized carbons (Fsp3) is 0.632. The third-order valence-electron chi connectivity index (χ3n) is 3.81. The summed E-state index contributed by atoms with van der Waals surface area (Å²) < 4.78 is 6.79. The molecule has 1 rings (SSSR count). The molecule has 0 aliphatic rings. The van der Waals surface area contributed by atoms with Gasteiger partial charge in [0.2, 0.25) is 0 Å². The van der Waals surface area contributed by atoms with Crippen LogP contribution in [0, 0.1) is 6.92 Å². The molecule has 0 amide bonds. The van der Waals surface area contributed by atoms with E-state index in [4.69, 9.17) is 0 Å². The van der Waals surface area contributed by atoms with Gasteiger partial charge in [-0.2, -0.15) is 0 Å². The van der Waals surface area contributed by atoms with Crippen LogP contribution in [0.25, 0.3) is 0 Å². The molecule has 0 saturated heterocycles. The van der Waals surface area contributed by atoms with Gasteiger partial charge in [0.05, 0.1) is 11.6 Å². The Labute approximate surface area is 165 Å². The second-order valence-electron chi connectivity index (χ2n) is 5.90. The van der Waals surface area contributed by atoms with Crippen molar-refractivity contribution in [2.45, 2.75) is 53.4 Å². The van der Waals surface area contributed by atoms with Crippen LogP contribution >= 0.6 is 11.8 Å². The van der Waals surface area contributed by atoms with Gasteiger partial charge in [-0.05, 0) is 32.4 Å². The highest BCUT2D eigenvalue weighted by Crippen LogP contribution is 2.21. The number of allylic oxidation sites excluding steroid dienone is 1. The Morgan fingerprint density at radius 1 is 1.15 bits per heavy atom. The molecule has 0 aromatic carbocycles. The second kappa shape index (κ2) is 14.1. The molecule has 8 heteroatoms. The van der Waals surface area contributed by atoms with Crippen LogP contribution in [0.15, 0.2) is 20.7 Å². The molecule has 1 aromatic rings. The molecule has 0 spiro atoms. The van der Waals surface area contributed by atoms with Crippen LogP contribution in [0.2, 0.25) is 0 Å². The first kappa shape index (κ1) is 25.0. The van der Waals surface area contributed by atoms with Gasteiger partial charge in [0.1, 0.15) is 5.69 Å². The van der Waals surface area contributed by atoms with Crippen LogP contribution in [0.4, 0.5) is 5.69 Å². The van der Waals surface area contributed by atoms with Crippen molar-refractivity contribution in [1.82, 2.24) is 9.13 Å². The van der Waals surface area contributed by atoms with Crippen LogP contribution in [0.3, 0.4) is 0 Å². The molecule has 0 bridgehead atoms. The summed E-state index contributed by atoms with van der Waals surface area (Å²) >= 11 is 1.73. The molecule has 0 unspecified atom stereocenters. The SMILES string of the molecule is CCC/C=C(/Nc1c(C)n(C)c(=O)n(C)c1=O)SCCCC.CCOC=O. The number of unbranched alkanes of at least 4 members (excludes halogenated alkanes) is 2. The highest BCUT2D eigenvalue weighted by Gasteiger charge is 2.13. The zero-order chi connectivity index (χ0) is 20.8. The Bertz CT molecular complexity index is 723. The first-order valence-corrected chi connectivity index (χ1v) is 10.3. The predicted octanol–water partition coefficient (Wildman–Crippen LogP) is 3.16. The van der Waals surface area contributed by atoms with Crippen molar-refractivity contribution in [3.8, 4) is 0 Å². The zero-order valence-electron chi connectivity index (χ0n) is 17.3. The van der Waals surface area contributed by atoms with E-state index in [1.807, 2.05) is 0 Å². The van der Waals surface area contributed by atoms with Gasteiger partial charge in [0.15, 0.2) is 0 Å². The summed E-state index contributed by atoms with van der Waals surface area (Å²) in [4.78, 5) is 33.4. The molecule has 0 aliphatic carbocycles. The topological polar surface area (TPSA) is 82.3 Å². The van der Waals surface area contributed by atoms with Crippen molar-refractivity contribution in [3.05, 3.63) is 37.6 Å². The number of ether oxygens (including phenoxy) is 1. The largest absolute Gasteiger partial charge is 0.468 e. The Hall–Kier alpha value is -1.96. The van der Waals surface area contributed by atoms with E-state index in [-0.39, 0.29) is 11.2 Å². The van der Waals surface area contributed by atoms with Crippen molar-refractivity contribution >= 4 is 23.9 Å². The van der Waals surface area contributed by atoms with Crippen LogP contribution in [0.5, 0.6) is 0 Å². The number of carbonyl (C=O) groups is 1. The molecular weight excluding hydrogens is 366 g/mol. The van der Waals surface area contributed by atoms with Crippen molar-refractivity contribution in [3.63, 3.8) is 0 Å². The highest BCUT2D eigenvalue weighted by molar-refractivity contribution is 8.03. The summed E-state index contributed by atoms with van der Waals surface area (Å²) in [6.45, 7) is 8.74. The molecule has 1 aromatic heterocycles. The number of nitrogens with zero attached hydrogens (tertiary/aromatic N) is 2. The molecule has 154 valence electrons. The Balaban J connectivity index is 0.00000119. The maximum absolute atomic E-state index is 12.4. The fourth-order valence-corrected chi connectivity index (χ4v) is 3.09. The van der Waals surface area contributed by atoms with Gasteiger partial charge in [0.25, 0.3) is 12.0 Å². The van der Waals surface area contributed by atoms with E-state index >= 15 is 0 Å². The molecule has 0 atom stereocenters. The van der Waals surface area contributed by atoms with E-state index in [9.17, 15) is 14.4 Å². The summed E-state index contributed by atoms with van der Waals surface area (Å²) in [7, 11) is 3.19. The normalized spacial score (nSPS) is 10.8. The quantitative estimate of drug-likeness (QED) is 0.481. The molecule has 0 radical (unpaired) electrons. The molecular formula is C19H33N3O4S. The highest BCUT2D eigenvalue weighted by atomic mass is 32.2. The number of anilines is 1. The van der Waals surface area contributed by atoms with Gasteiger partial charge in [-0.25, -0.2) is 4.79 Å². The zero-order valence-corrected chi connectivity index (χ0v) is 18.1. The third-order valence-corrected chi connectivity index (χ3v) is 4.89. The fourth-order valence-electron chi connectivity index (χ4n) is 2.03. The molecule has 0 saturated carbocycles. The minimum Gasteiger partial charge on any atom is -0.468 e. The molecule has 0 fully saturated rings. The number of thioether (sulfide) groups is 1.